The molecule has 1 unspecified atom stereocenters. The van der Waals surface area contributed by atoms with E-state index in [1.54, 1.807) is 7.11 Å². The molecule has 21 heavy (non-hydrogen) atoms. The van der Waals surface area contributed by atoms with E-state index < -0.39 is 0 Å². The summed E-state index contributed by atoms with van der Waals surface area (Å²) in [6, 6.07) is 18.3. The average Bonchev–Trinajstić information content (AvgIpc) is 2.56. The monoisotopic (exact) mass is 285 g/mol. The van der Waals surface area contributed by atoms with Crippen molar-refractivity contribution >= 4 is 0 Å². The van der Waals surface area contributed by atoms with Gasteiger partial charge in [0.05, 0.1) is 13.2 Å². The van der Waals surface area contributed by atoms with E-state index in [1.807, 2.05) is 30.3 Å². The highest BCUT2D eigenvalue weighted by Crippen LogP contribution is 2.19. The maximum atomic E-state index is 5.90. The maximum Gasteiger partial charge on any atom is 0.119 e. The van der Waals surface area contributed by atoms with Crippen LogP contribution in [-0.4, -0.2) is 20.3 Å². The molecule has 0 saturated heterocycles. The molecule has 0 saturated carbocycles. The molecule has 2 rings (SSSR count). The molecule has 0 heterocycles. The molecule has 2 aromatic carbocycles. The number of hydrogen-bond acceptors (Lipinski definition) is 3. The van der Waals surface area contributed by atoms with Crippen LogP contribution in [0.3, 0.4) is 0 Å². The van der Waals surface area contributed by atoms with E-state index >= 15 is 0 Å². The minimum Gasteiger partial charge on any atom is -0.497 e. The van der Waals surface area contributed by atoms with Crippen molar-refractivity contribution in [3.63, 3.8) is 0 Å². The van der Waals surface area contributed by atoms with Crippen molar-refractivity contribution in [1.29, 1.82) is 0 Å². The summed E-state index contributed by atoms with van der Waals surface area (Å²) >= 11 is 0. The second-order valence-corrected chi connectivity index (χ2v) is 4.90. The minimum atomic E-state index is 0.202. The Morgan fingerprint density at radius 3 is 2.24 bits per heavy atom. The highest BCUT2D eigenvalue weighted by atomic mass is 16.5. The molecular weight excluding hydrogens is 262 g/mol. The van der Waals surface area contributed by atoms with Crippen LogP contribution >= 0.6 is 0 Å². The first kappa shape index (κ1) is 15.4. The number of benzene rings is 2. The van der Waals surface area contributed by atoms with Crippen molar-refractivity contribution < 1.29 is 9.47 Å². The van der Waals surface area contributed by atoms with Gasteiger partial charge in [0.1, 0.15) is 18.1 Å². The predicted molar refractivity (Wildman–Crippen MR) is 86.0 cm³/mol. The number of ether oxygens (including phenoxy) is 2. The van der Waals surface area contributed by atoms with E-state index in [-0.39, 0.29) is 6.04 Å². The van der Waals surface area contributed by atoms with Gasteiger partial charge in [0.15, 0.2) is 0 Å². The van der Waals surface area contributed by atoms with Crippen molar-refractivity contribution in [3.8, 4) is 11.5 Å². The summed E-state index contributed by atoms with van der Waals surface area (Å²) in [5, 5.41) is 3.53. The number of methoxy groups -OCH3 is 1. The zero-order valence-electron chi connectivity index (χ0n) is 12.7. The summed E-state index contributed by atoms with van der Waals surface area (Å²) in [6.45, 7) is 3.75. The molecule has 0 spiro atoms. The predicted octanol–water partition coefficient (Wildman–Crippen LogP) is 3.81. The van der Waals surface area contributed by atoms with E-state index in [1.165, 1.54) is 5.56 Å². The Kier molecular flexibility index (Phi) is 6.10. The SMILES string of the molecule is CCCNC(COc1ccc(OC)cc1)c1ccccc1. The van der Waals surface area contributed by atoms with E-state index in [0.29, 0.717) is 6.61 Å². The van der Waals surface area contributed by atoms with E-state index in [0.717, 1.165) is 24.5 Å². The van der Waals surface area contributed by atoms with Gasteiger partial charge in [0.25, 0.3) is 0 Å². The largest absolute Gasteiger partial charge is 0.497 e. The van der Waals surface area contributed by atoms with Gasteiger partial charge in [-0.1, -0.05) is 37.3 Å². The molecule has 0 radical (unpaired) electrons. The molecule has 0 fully saturated rings. The topological polar surface area (TPSA) is 30.5 Å². The van der Waals surface area contributed by atoms with Gasteiger partial charge in [-0.2, -0.15) is 0 Å². The summed E-state index contributed by atoms with van der Waals surface area (Å²) in [5.41, 5.74) is 1.25. The minimum absolute atomic E-state index is 0.202. The Morgan fingerprint density at radius 1 is 0.952 bits per heavy atom. The molecule has 0 aromatic heterocycles. The van der Waals surface area contributed by atoms with E-state index in [2.05, 4.69) is 36.5 Å². The molecule has 0 aliphatic rings. The lowest BCUT2D eigenvalue weighted by Gasteiger charge is -2.19. The molecule has 0 aliphatic heterocycles. The molecule has 0 amide bonds. The van der Waals surface area contributed by atoms with Gasteiger partial charge in [0.2, 0.25) is 0 Å². The van der Waals surface area contributed by atoms with Gasteiger partial charge in [0, 0.05) is 0 Å². The van der Waals surface area contributed by atoms with Crippen LogP contribution in [0.1, 0.15) is 24.9 Å². The van der Waals surface area contributed by atoms with Gasteiger partial charge in [-0.05, 0) is 42.8 Å². The molecule has 1 N–H and O–H groups in total. The fraction of sp³-hybridized carbons (Fsp3) is 0.333. The molecule has 3 nitrogen and oxygen atoms in total. The Labute approximate surface area is 126 Å². The summed E-state index contributed by atoms with van der Waals surface area (Å²) in [4.78, 5) is 0. The third-order valence-electron chi connectivity index (χ3n) is 3.32. The van der Waals surface area contributed by atoms with Gasteiger partial charge in [-0.15, -0.1) is 0 Å². The second-order valence-electron chi connectivity index (χ2n) is 4.90. The van der Waals surface area contributed by atoms with Crippen LogP contribution in [0.25, 0.3) is 0 Å². The fourth-order valence-corrected chi connectivity index (χ4v) is 2.13. The molecule has 1 atom stereocenters. The summed E-state index contributed by atoms with van der Waals surface area (Å²) in [7, 11) is 1.66. The highest BCUT2D eigenvalue weighted by molar-refractivity contribution is 5.31. The highest BCUT2D eigenvalue weighted by Gasteiger charge is 2.11. The van der Waals surface area contributed by atoms with Crippen molar-refractivity contribution in [3.05, 3.63) is 60.2 Å². The van der Waals surface area contributed by atoms with Crippen LogP contribution < -0.4 is 14.8 Å². The van der Waals surface area contributed by atoms with Crippen molar-refractivity contribution in [1.82, 2.24) is 5.32 Å². The van der Waals surface area contributed by atoms with Crippen molar-refractivity contribution in [2.45, 2.75) is 19.4 Å². The van der Waals surface area contributed by atoms with Crippen molar-refractivity contribution in [2.75, 3.05) is 20.3 Å². The Morgan fingerprint density at radius 2 is 1.62 bits per heavy atom. The Balaban J connectivity index is 1.97. The average molecular weight is 285 g/mol. The molecule has 3 heteroatoms. The molecule has 0 aliphatic carbocycles. The first-order valence-corrected chi connectivity index (χ1v) is 7.38. The fourth-order valence-electron chi connectivity index (χ4n) is 2.13. The van der Waals surface area contributed by atoms with Crippen LogP contribution in [0.2, 0.25) is 0 Å². The lowest BCUT2D eigenvalue weighted by atomic mass is 10.1. The molecule has 0 bridgehead atoms. The van der Waals surface area contributed by atoms with Crippen LogP contribution in [0, 0.1) is 0 Å². The standard InChI is InChI=1S/C18H23NO2/c1-3-13-19-18(15-7-5-4-6-8-15)14-21-17-11-9-16(20-2)10-12-17/h4-12,18-19H,3,13-14H2,1-2H3. The van der Waals surface area contributed by atoms with Gasteiger partial charge < -0.3 is 14.8 Å². The Bertz CT molecular complexity index is 511. The Hall–Kier alpha value is -2.00. The number of rotatable bonds is 8. The van der Waals surface area contributed by atoms with Gasteiger partial charge >= 0.3 is 0 Å². The van der Waals surface area contributed by atoms with Gasteiger partial charge in [-0.25, -0.2) is 0 Å². The van der Waals surface area contributed by atoms with Crippen molar-refractivity contribution in [2.24, 2.45) is 0 Å². The quantitative estimate of drug-likeness (QED) is 0.800. The first-order valence-electron chi connectivity index (χ1n) is 7.38. The molecule has 112 valence electrons. The summed E-state index contributed by atoms with van der Waals surface area (Å²) < 4.78 is 11.1. The second kappa shape index (κ2) is 8.32. The normalized spacial score (nSPS) is 11.9. The van der Waals surface area contributed by atoms with E-state index in [4.69, 9.17) is 9.47 Å². The summed E-state index contributed by atoms with van der Waals surface area (Å²) in [6.07, 6.45) is 1.10. The third-order valence-corrected chi connectivity index (χ3v) is 3.32. The molecular formula is C18H23NO2. The maximum absolute atomic E-state index is 5.90. The number of hydrogen-bond donors (Lipinski definition) is 1. The van der Waals surface area contributed by atoms with Crippen LogP contribution in [0.15, 0.2) is 54.6 Å². The van der Waals surface area contributed by atoms with Crippen LogP contribution in [0.4, 0.5) is 0 Å². The zero-order chi connectivity index (χ0) is 14.9. The number of nitrogens with one attached hydrogen (secondary N) is 1. The third kappa shape index (κ3) is 4.80. The van der Waals surface area contributed by atoms with Crippen LogP contribution in [-0.2, 0) is 0 Å². The first-order chi connectivity index (χ1) is 10.3. The van der Waals surface area contributed by atoms with E-state index in [9.17, 15) is 0 Å². The van der Waals surface area contributed by atoms with Crippen LogP contribution in [0.5, 0.6) is 11.5 Å². The zero-order valence-corrected chi connectivity index (χ0v) is 12.7. The smallest absolute Gasteiger partial charge is 0.119 e. The van der Waals surface area contributed by atoms with Gasteiger partial charge in [-0.3, -0.25) is 0 Å². The lowest BCUT2D eigenvalue weighted by molar-refractivity contribution is 0.266. The molecule has 2 aromatic rings. The lowest BCUT2D eigenvalue weighted by Crippen LogP contribution is -2.27. The summed E-state index contributed by atoms with van der Waals surface area (Å²) in [5.74, 6) is 1.70.